The molecule has 29 heavy (non-hydrogen) atoms. The van der Waals surface area contributed by atoms with Gasteiger partial charge in [0.25, 0.3) is 5.91 Å². The Balaban J connectivity index is 1.71. The largest absolute Gasteiger partial charge is 0.488 e. The van der Waals surface area contributed by atoms with Gasteiger partial charge >= 0.3 is 5.97 Å². The predicted molar refractivity (Wildman–Crippen MR) is 116 cm³/mol. The highest BCUT2D eigenvalue weighted by Gasteiger charge is 2.22. The van der Waals surface area contributed by atoms with Crippen LogP contribution in [0.1, 0.15) is 18.1 Å². The van der Waals surface area contributed by atoms with E-state index in [1.807, 2.05) is 42.5 Å². The van der Waals surface area contributed by atoms with Crippen molar-refractivity contribution < 1.29 is 23.8 Å². The first-order chi connectivity index (χ1) is 14.1. The number of thiocarbonyl (C=S) groups is 1. The monoisotopic (exact) mass is 429 g/mol. The number of hydrogen-bond donors (Lipinski definition) is 1. The van der Waals surface area contributed by atoms with Gasteiger partial charge in [0, 0.05) is 11.1 Å². The lowest BCUT2D eigenvalue weighted by Gasteiger charge is -2.13. The fraction of sp³-hybridized carbons (Fsp3) is 0.190. The second-order valence-corrected chi connectivity index (χ2v) is 7.60. The molecule has 1 aliphatic rings. The van der Waals surface area contributed by atoms with Gasteiger partial charge in [-0.25, -0.2) is 4.79 Å². The summed E-state index contributed by atoms with van der Waals surface area (Å²) in [5.41, 5.74) is 1.55. The van der Waals surface area contributed by atoms with E-state index in [2.05, 4.69) is 5.32 Å². The van der Waals surface area contributed by atoms with Crippen LogP contribution in [-0.4, -0.2) is 29.4 Å². The molecule has 150 valence electrons. The number of thioether (sulfide) groups is 1. The molecular weight excluding hydrogens is 410 g/mol. The standard InChI is InChI=1S/C21H19NO5S2/c1-2-25-19(23)13-27-17-10-6-4-8-15(17)12-26-16-9-5-3-7-14(16)11-18-20(24)22-21(28)29-18/h3-11H,2,12-13H2,1H3,(H,22,24,28). The Kier molecular flexibility index (Phi) is 7.26. The first kappa shape index (κ1) is 20.9. The van der Waals surface area contributed by atoms with E-state index in [9.17, 15) is 9.59 Å². The minimum absolute atomic E-state index is 0.167. The molecule has 6 nitrogen and oxygen atoms in total. The Morgan fingerprint density at radius 2 is 1.83 bits per heavy atom. The maximum absolute atomic E-state index is 11.9. The normalized spacial score (nSPS) is 14.6. The number of esters is 1. The number of nitrogens with one attached hydrogen (secondary N) is 1. The van der Waals surface area contributed by atoms with E-state index in [1.54, 1.807) is 19.1 Å². The van der Waals surface area contributed by atoms with Crippen molar-refractivity contribution in [2.45, 2.75) is 13.5 Å². The number of rotatable bonds is 8. The summed E-state index contributed by atoms with van der Waals surface area (Å²) in [5.74, 6) is 0.525. The zero-order chi connectivity index (χ0) is 20.6. The molecule has 0 bridgehead atoms. The van der Waals surface area contributed by atoms with E-state index in [4.69, 9.17) is 26.4 Å². The second kappa shape index (κ2) is 10.1. The Morgan fingerprint density at radius 3 is 2.55 bits per heavy atom. The molecule has 3 rings (SSSR count). The molecule has 0 atom stereocenters. The van der Waals surface area contributed by atoms with E-state index in [1.165, 1.54) is 11.8 Å². The Bertz CT molecular complexity index is 958. The average Bonchev–Trinajstić information content (AvgIpc) is 3.03. The van der Waals surface area contributed by atoms with Gasteiger partial charge in [-0.15, -0.1) is 0 Å². The van der Waals surface area contributed by atoms with Gasteiger partial charge in [0.15, 0.2) is 6.61 Å². The first-order valence-corrected chi connectivity index (χ1v) is 10.1. The van der Waals surface area contributed by atoms with Gasteiger partial charge in [-0.2, -0.15) is 0 Å². The van der Waals surface area contributed by atoms with E-state index in [0.717, 1.165) is 11.1 Å². The van der Waals surface area contributed by atoms with Gasteiger partial charge in [-0.1, -0.05) is 60.4 Å². The van der Waals surface area contributed by atoms with Gasteiger partial charge in [0.1, 0.15) is 22.4 Å². The molecule has 0 saturated carbocycles. The second-order valence-electron chi connectivity index (χ2n) is 5.88. The average molecular weight is 430 g/mol. The molecule has 1 N–H and O–H groups in total. The van der Waals surface area contributed by atoms with Crippen LogP contribution in [0.25, 0.3) is 6.08 Å². The minimum Gasteiger partial charge on any atom is -0.488 e. The minimum atomic E-state index is -0.426. The molecule has 1 aliphatic heterocycles. The SMILES string of the molecule is CCOC(=O)COc1ccccc1COc1ccccc1C=C1SC(=S)NC1=O. The van der Waals surface area contributed by atoms with Crippen molar-refractivity contribution >= 4 is 46.3 Å². The van der Waals surface area contributed by atoms with E-state index in [0.29, 0.717) is 27.3 Å². The fourth-order valence-electron chi connectivity index (χ4n) is 2.55. The number of para-hydroxylation sites is 2. The van der Waals surface area contributed by atoms with Crippen LogP contribution < -0.4 is 14.8 Å². The van der Waals surface area contributed by atoms with Crippen molar-refractivity contribution in [2.24, 2.45) is 0 Å². The molecule has 0 spiro atoms. The topological polar surface area (TPSA) is 73.9 Å². The lowest BCUT2D eigenvalue weighted by molar-refractivity contribution is -0.145. The maximum Gasteiger partial charge on any atom is 0.344 e. The lowest BCUT2D eigenvalue weighted by atomic mass is 10.1. The lowest BCUT2D eigenvalue weighted by Crippen LogP contribution is -2.17. The Morgan fingerprint density at radius 1 is 1.10 bits per heavy atom. The number of carbonyl (C=O) groups is 2. The summed E-state index contributed by atoms with van der Waals surface area (Å²) >= 11 is 6.24. The van der Waals surface area contributed by atoms with Crippen molar-refractivity contribution in [3.63, 3.8) is 0 Å². The molecular formula is C21H19NO5S2. The summed E-state index contributed by atoms with van der Waals surface area (Å²) < 4.78 is 16.9. The molecule has 1 saturated heterocycles. The summed E-state index contributed by atoms with van der Waals surface area (Å²) in [6.45, 7) is 2.12. The van der Waals surface area contributed by atoms with E-state index in [-0.39, 0.29) is 19.1 Å². The van der Waals surface area contributed by atoms with Crippen LogP contribution in [0.3, 0.4) is 0 Å². The smallest absolute Gasteiger partial charge is 0.344 e. The first-order valence-electron chi connectivity index (χ1n) is 8.90. The molecule has 0 aliphatic carbocycles. The van der Waals surface area contributed by atoms with Crippen LogP contribution in [0, 0.1) is 0 Å². The summed E-state index contributed by atoms with van der Waals surface area (Å²) in [6.07, 6.45) is 1.75. The van der Waals surface area contributed by atoms with Crippen LogP contribution >= 0.6 is 24.0 Å². The van der Waals surface area contributed by atoms with Gasteiger partial charge in [-0.3, -0.25) is 4.79 Å². The zero-order valence-electron chi connectivity index (χ0n) is 15.7. The van der Waals surface area contributed by atoms with Crippen LogP contribution in [0.4, 0.5) is 0 Å². The fourth-order valence-corrected chi connectivity index (χ4v) is 3.59. The molecule has 2 aromatic rings. The maximum atomic E-state index is 11.9. The number of hydrogen-bond acceptors (Lipinski definition) is 7. The van der Waals surface area contributed by atoms with Crippen LogP contribution in [0.5, 0.6) is 11.5 Å². The van der Waals surface area contributed by atoms with Gasteiger partial charge < -0.3 is 19.5 Å². The highest BCUT2D eigenvalue weighted by Crippen LogP contribution is 2.30. The third-order valence-corrected chi connectivity index (χ3v) is 5.02. The van der Waals surface area contributed by atoms with Gasteiger partial charge in [0.05, 0.1) is 11.5 Å². The molecule has 0 unspecified atom stereocenters. The van der Waals surface area contributed by atoms with Crippen LogP contribution in [0.15, 0.2) is 53.4 Å². The highest BCUT2D eigenvalue weighted by atomic mass is 32.2. The third kappa shape index (κ3) is 5.82. The number of benzene rings is 2. The summed E-state index contributed by atoms with van der Waals surface area (Å²) in [5, 5.41) is 2.60. The summed E-state index contributed by atoms with van der Waals surface area (Å²) in [4.78, 5) is 24.0. The van der Waals surface area contributed by atoms with Crippen molar-refractivity contribution in [3.8, 4) is 11.5 Å². The zero-order valence-corrected chi connectivity index (χ0v) is 17.3. The van der Waals surface area contributed by atoms with Crippen LogP contribution in [0.2, 0.25) is 0 Å². The van der Waals surface area contributed by atoms with E-state index < -0.39 is 5.97 Å². The van der Waals surface area contributed by atoms with Crippen molar-refractivity contribution in [2.75, 3.05) is 13.2 Å². The Labute approximate surface area is 178 Å². The third-order valence-electron chi connectivity index (χ3n) is 3.85. The van der Waals surface area contributed by atoms with E-state index >= 15 is 0 Å². The molecule has 0 aromatic heterocycles. The van der Waals surface area contributed by atoms with Gasteiger partial charge in [0.2, 0.25) is 0 Å². The summed E-state index contributed by atoms with van der Waals surface area (Å²) in [7, 11) is 0. The molecule has 0 radical (unpaired) electrons. The number of amides is 1. The molecule has 1 amide bonds. The quantitative estimate of drug-likeness (QED) is 0.390. The summed E-state index contributed by atoms with van der Waals surface area (Å²) in [6, 6.07) is 14.7. The molecule has 1 fully saturated rings. The number of carbonyl (C=O) groups excluding carboxylic acids is 2. The Hall–Kier alpha value is -2.84. The predicted octanol–water partition coefficient (Wildman–Crippen LogP) is 3.70. The van der Waals surface area contributed by atoms with Gasteiger partial charge in [-0.05, 0) is 25.1 Å². The van der Waals surface area contributed by atoms with Crippen molar-refractivity contribution in [1.82, 2.24) is 5.32 Å². The molecule has 1 heterocycles. The molecule has 8 heteroatoms. The van der Waals surface area contributed by atoms with Crippen LogP contribution in [-0.2, 0) is 20.9 Å². The molecule has 2 aromatic carbocycles. The highest BCUT2D eigenvalue weighted by molar-refractivity contribution is 8.26. The number of ether oxygens (including phenoxy) is 3. The van der Waals surface area contributed by atoms with Crippen molar-refractivity contribution in [1.29, 1.82) is 0 Å². The van der Waals surface area contributed by atoms with Crippen molar-refractivity contribution in [3.05, 3.63) is 64.6 Å².